The number of hydrogen-bond donors (Lipinski definition) is 1. The summed E-state index contributed by atoms with van der Waals surface area (Å²) in [5.41, 5.74) is 1.93. The largest absolute Gasteiger partial charge is 0.481 e. The van der Waals surface area contributed by atoms with Crippen LogP contribution in [0.5, 0.6) is 0 Å². The Morgan fingerprint density at radius 2 is 1.23 bits per heavy atom. The summed E-state index contributed by atoms with van der Waals surface area (Å²) in [6.07, 6.45) is 7.81. The van der Waals surface area contributed by atoms with Gasteiger partial charge in [-0.15, -0.1) is 0 Å². The number of carboxylic acids is 1. The van der Waals surface area contributed by atoms with E-state index >= 15 is 0 Å². The monoisotopic (exact) mass is 360 g/mol. The van der Waals surface area contributed by atoms with Crippen LogP contribution in [-0.4, -0.2) is 16.9 Å². The minimum absolute atomic E-state index is 0.212. The molecule has 1 rings (SSSR count). The van der Waals surface area contributed by atoms with Crippen molar-refractivity contribution in [2.24, 2.45) is 10.8 Å². The molecule has 0 bridgehead atoms. The van der Waals surface area contributed by atoms with Gasteiger partial charge in [-0.1, -0.05) is 51.0 Å². The van der Waals surface area contributed by atoms with Gasteiger partial charge in [0.2, 0.25) is 0 Å². The maximum atomic E-state index is 11.6. The zero-order valence-electron chi connectivity index (χ0n) is 17.2. The third-order valence-corrected chi connectivity index (χ3v) is 5.65. The second-order valence-electron chi connectivity index (χ2n) is 8.81. The number of benzene rings is 1. The minimum Gasteiger partial charge on any atom is -0.481 e. The summed E-state index contributed by atoms with van der Waals surface area (Å²) in [5.74, 6) is -0.450. The van der Waals surface area contributed by atoms with Crippen LogP contribution in [0.15, 0.2) is 24.3 Å². The first-order chi connectivity index (χ1) is 12.1. The third-order valence-electron chi connectivity index (χ3n) is 5.65. The molecule has 0 heterocycles. The van der Waals surface area contributed by atoms with Crippen LogP contribution < -0.4 is 0 Å². The molecule has 0 spiro atoms. The molecule has 0 aliphatic carbocycles. The van der Waals surface area contributed by atoms with Gasteiger partial charge >= 0.3 is 5.97 Å². The van der Waals surface area contributed by atoms with Crippen molar-refractivity contribution >= 4 is 11.8 Å². The van der Waals surface area contributed by atoms with Crippen molar-refractivity contribution in [1.29, 1.82) is 0 Å². The Kier molecular flexibility index (Phi) is 8.52. The normalized spacial score (nSPS) is 12.2. The summed E-state index contributed by atoms with van der Waals surface area (Å²) in [6.45, 7) is 9.34. The number of aryl methyl sites for hydroxylation is 2. The first-order valence-corrected chi connectivity index (χ1v) is 9.87. The lowest BCUT2D eigenvalue weighted by Gasteiger charge is -2.21. The van der Waals surface area contributed by atoms with Crippen molar-refractivity contribution in [3.05, 3.63) is 35.4 Å². The summed E-state index contributed by atoms with van der Waals surface area (Å²) < 4.78 is 0. The molecule has 26 heavy (non-hydrogen) atoms. The number of hydrogen-bond acceptors (Lipinski definition) is 2. The molecule has 146 valence electrons. The van der Waals surface area contributed by atoms with E-state index in [-0.39, 0.29) is 11.2 Å². The molecular formula is C23H36O3. The Bertz CT molecular complexity index is 546. The quantitative estimate of drug-likeness (QED) is 0.476. The van der Waals surface area contributed by atoms with Crippen LogP contribution in [0.3, 0.4) is 0 Å². The molecule has 0 saturated heterocycles. The Hall–Kier alpha value is -1.64. The molecule has 0 amide bonds. The molecule has 3 heteroatoms. The van der Waals surface area contributed by atoms with Crippen molar-refractivity contribution in [3.63, 3.8) is 0 Å². The molecule has 1 aromatic carbocycles. The maximum absolute atomic E-state index is 11.6. The lowest BCUT2D eigenvalue weighted by Crippen LogP contribution is -2.23. The molecule has 0 aromatic heterocycles. The maximum Gasteiger partial charge on any atom is 0.309 e. The molecule has 1 aromatic rings. The van der Waals surface area contributed by atoms with Crippen LogP contribution in [0.4, 0.5) is 0 Å². The van der Waals surface area contributed by atoms with Gasteiger partial charge in [-0.05, 0) is 70.4 Å². The Morgan fingerprint density at radius 1 is 0.808 bits per heavy atom. The summed E-state index contributed by atoms with van der Waals surface area (Å²) in [4.78, 5) is 22.8. The van der Waals surface area contributed by atoms with Crippen LogP contribution >= 0.6 is 0 Å². The van der Waals surface area contributed by atoms with Gasteiger partial charge in [0.15, 0.2) is 0 Å². The molecule has 3 nitrogen and oxygen atoms in total. The van der Waals surface area contributed by atoms with E-state index in [2.05, 4.69) is 24.3 Å². The predicted molar refractivity (Wildman–Crippen MR) is 107 cm³/mol. The Balaban J connectivity index is 2.45. The van der Waals surface area contributed by atoms with E-state index < -0.39 is 11.4 Å². The van der Waals surface area contributed by atoms with Crippen LogP contribution in [0.25, 0.3) is 0 Å². The number of carbonyl (C=O) groups is 2. The lowest BCUT2D eigenvalue weighted by molar-refractivity contribution is -0.147. The second kappa shape index (κ2) is 9.89. The SMILES string of the molecule is CC(=O)C(C)(C)CCCCc1ccccc1CCCCC(C)(C)C(=O)O. The van der Waals surface area contributed by atoms with Gasteiger partial charge in [0.1, 0.15) is 5.78 Å². The number of Topliss-reactive ketones (excluding diaryl/α,β-unsaturated/α-hetero) is 1. The van der Waals surface area contributed by atoms with Crippen molar-refractivity contribution in [2.75, 3.05) is 0 Å². The fourth-order valence-electron chi connectivity index (χ4n) is 3.09. The van der Waals surface area contributed by atoms with Gasteiger partial charge in [-0.3, -0.25) is 9.59 Å². The zero-order chi connectivity index (χ0) is 19.8. The molecule has 0 atom stereocenters. The summed E-state index contributed by atoms with van der Waals surface area (Å²) in [6, 6.07) is 8.56. The standard InChI is InChI=1S/C23H36O3/c1-18(24)22(2,3)16-10-8-14-19-12-6-7-13-20(19)15-9-11-17-23(4,5)21(25)26/h6-7,12-13H,8-11,14-17H2,1-5H3,(H,25,26). The van der Waals surface area contributed by atoms with E-state index in [9.17, 15) is 14.7 Å². The number of carbonyl (C=O) groups excluding carboxylic acids is 1. The Labute approximate surface area is 159 Å². The van der Waals surface area contributed by atoms with E-state index in [1.54, 1.807) is 20.8 Å². The number of unbranched alkanes of at least 4 members (excludes halogenated alkanes) is 2. The molecule has 0 aliphatic heterocycles. The second-order valence-corrected chi connectivity index (χ2v) is 8.81. The molecule has 0 unspecified atom stereocenters. The highest BCUT2D eigenvalue weighted by molar-refractivity contribution is 5.81. The van der Waals surface area contributed by atoms with Crippen LogP contribution in [0.2, 0.25) is 0 Å². The van der Waals surface area contributed by atoms with Crippen LogP contribution in [0.1, 0.15) is 84.3 Å². The molecule has 0 fully saturated rings. The van der Waals surface area contributed by atoms with E-state index in [1.165, 1.54) is 11.1 Å². The van der Waals surface area contributed by atoms with Crippen molar-refractivity contribution < 1.29 is 14.7 Å². The first kappa shape index (κ1) is 22.4. The third kappa shape index (κ3) is 7.31. The van der Waals surface area contributed by atoms with E-state index in [1.807, 2.05) is 13.8 Å². The zero-order valence-corrected chi connectivity index (χ0v) is 17.2. The van der Waals surface area contributed by atoms with Gasteiger partial charge in [0.05, 0.1) is 5.41 Å². The minimum atomic E-state index is -0.716. The number of rotatable bonds is 12. The van der Waals surface area contributed by atoms with Gasteiger partial charge in [-0.25, -0.2) is 0 Å². The van der Waals surface area contributed by atoms with Crippen LogP contribution in [-0.2, 0) is 22.4 Å². The summed E-state index contributed by atoms with van der Waals surface area (Å²) in [7, 11) is 0. The van der Waals surface area contributed by atoms with E-state index in [4.69, 9.17) is 0 Å². The fraction of sp³-hybridized carbons (Fsp3) is 0.652. The molecule has 0 radical (unpaired) electrons. The van der Waals surface area contributed by atoms with Gasteiger partial charge in [-0.2, -0.15) is 0 Å². The average molecular weight is 361 g/mol. The van der Waals surface area contributed by atoms with Crippen LogP contribution in [0, 0.1) is 10.8 Å². The summed E-state index contributed by atoms with van der Waals surface area (Å²) >= 11 is 0. The van der Waals surface area contributed by atoms with Crippen molar-refractivity contribution in [2.45, 2.75) is 86.0 Å². The highest BCUT2D eigenvalue weighted by Crippen LogP contribution is 2.26. The van der Waals surface area contributed by atoms with E-state index in [0.29, 0.717) is 6.42 Å². The smallest absolute Gasteiger partial charge is 0.309 e. The van der Waals surface area contributed by atoms with Gasteiger partial charge < -0.3 is 5.11 Å². The van der Waals surface area contributed by atoms with E-state index in [0.717, 1.165) is 44.9 Å². The average Bonchev–Trinajstić information content (AvgIpc) is 2.56. The summed E-state index contributed by atoms with van der Waals surface area (Å²) in [5, 5.41) is 9.19. The molecular weight excluding hydrogens is 324 g/mol. The number of ketones is 1. The van der Waals surface area contributed by atoms with Gasteiger partial charge in [0.25, 0.3) is 0 Å². The predicted octanol–water partition coefficient (Wildman–Crippen LogP) is 5.84. The molecule has 0 saturated carbocycles. The highest BCUT2D eigenvalue weighted by Gasteiger charge is 2.26. The first-order valence-electron chi connectivity index (χ1n) is 9.87. The Morgan fingerprint density at radius 3 is 1.62 bits per heavy atom. The molecule has 1 N–H and O–H groups in total. The topological polar surface area (TPSA) is 54.4 Å². The molecule has 0 aliphatic rings. The highest BCUT2D eigenvalue weighted by atomic mass is 16.4. The number of aliphatic carboxylic acids is 1. The van der Waals surface area contributed by atoms with Crippen molar-refractivity contribution in [3.8, 4) is 0 Å². The number of carboxylic acid groups (broad SMARTS) is 1. The van der Waals surface area contributed by atoms with Crippen molar-refractivity contribution in [1.82, 2.24) is 0 Å². The lowest BCUT2D eigenvalue weighted by atomic mass is 9.83. The van der Waals surface area contributed by atoms with Gasteiger partial charge in [0, 0.05) is 5.41 Å². The fourth-order valence-corrected chi connectivity index (χ4v) is 3.09.